The van der Waals surface area contributed by atoms with Crippen molar-refractivity contribution in [2.75, 3.05) is 5.75 Å². The van der Waals surface area contributed by atoms with Gasteiger partial charge in [-0.3, -0.25) is 4.79 Å². The van der Waals surface area contributed by atoms with Gasteiger partial charge in [0.15, 0.2) is 5.43 Å². The summed E-state index contributed by atoms with van der Waals surface area (Å²) in [6, 6.07) is 1.38. The Morgan fingerprint density at radius 1 is 1.44 bits per heavy atom. The largest absolute Gasteiger partial charge is 0.477 e. The average Bonchev–Trinajstić information content (AvgIpc) is 2.18. The van der Waals surface area contributed by atoms with E-state index in [0.717, 1.165) is 11.4 Å². The number of thioether (sulfide) groups is 1. The third-order valence-electron chi connectivity index (χ3n) is 2.44. The third kappa shape index (κ3) is 4.22. The zero-order chi connectivity index (χ0) is 13.9. The van der Waals surface area contributed by atoms with Crippen LogP contribution in [0.5, 0.6) is 0 Å². The predicted octanol–water partition coefficient (Wildman–Crippen LogP) is 2.39. The fraction of sp³-hybridized carbons (Fsp3) is 0.538. The number of nitrogens with zero attached hydrogens (tertiary/aromatic N) is 1. The van der Waals surface area contributed by atoms with Gasteiger partial charge in [0.25, 0.3) is 0 Å². The van der Waals surface area contributed by atoms with Gasteiger partial charge >= 0.3 is 5.97 Å². The molecule has 1 N–H and O–H groups in total. The van der Waals surface area contributed by atoms with E-state index >= 15 is 0 Å². The molecule has 0 bridgehead atoms. The highest BCUT2D eigenvalue weighted by Gasteiger charge is 2.12. The molecular weight excluding hydrogens is 250 g/mol. The van der Waals surface area contributed by atoms with Crippen molar-refractivity contribution in [3.63, 3.8) is 0 Å². The Kier molecular flexibility index (Phi) is 4.62. The molecule has 0 aliphatic heterocycles. The van der Waals surface area contributed by atoms with E-state index in [0.29, 0.717) is 6.54 Å². The van der Waals surface area contributed by atoms with E-state index < -0.39 is 11.4 Å². The Bertz CT molecular complexity index is 500. The molecule has 4 nitrogen and oxygen atoms in total. The van der Waals surface area contributed by atoms with Crippen LogP contribution in [0, 0.1) is 6.92 Å². The Morgan fingerprint density at radius 2 is 2.06 bits per heavy atom. The highest BCUT2D eigenvalue weighted by molar-refractivity contribution is 8.00. The zero-order valence-corrected chi connectivity index (χ0v) is 12.0. The lowest BCUT2D eigenvalue weighted by atomic mass is 10.2. The third-order valence-corrected chi connectivity index (χ3v) is 3.69. The molecular formula is C13H19NO3S. The normalized spacial score (nSPS) is 11.6. The molecule has 0 fully saturated rings. The standard InChI is InChI=1S/C13H19NO3S/c1-9-7-11(15)10(12(16)17)8-14(9)5-6-18-13(2,3)4/h7-8H,5-6H2,1-4H3,(H,16,17). The lowest BCUT2D eigenvalue weighted by molar-refractivity contribution is 0.0694. The molecule has 100 valence electrons. The van der Waals surface area contributed by atoms with Crippen LogP contribution in [-0.4, -0.2) is 26.1 Å². The van der Waals surface area contributed by atoms with E-state index in [-0.39, 0.29) is 10.3 Å². The number of aryl methyl sites for hydroxylation is 2. The van der Waals surface area contributed by atoms with Crippen molar-refractivity contribution in [2.24, 2.45) is 0 Å². The van der Waals surface area contributed by atoms with E-state index in [2.05, 4.69) is 20.8 Å². The molecule has 1 heterocycles. The van der Waals surface area contributed by atoms with Crippen LogP contribution in [0.25, 0.3) is 0 Å². The average molecular weight is 269 g/mol. The molecule has 5 heteroatoms. The van der Waals surface area contributed by atoms with Gasteiger partial charge in [0.2, 0.25) is 0 Å². The van der Waals surface area contributed by atoms with Gasteiger partial charge < -0.3 is 9.67 Å². The Balaban J connectivity index is 2.86. The summed E-state index contributed by atoms with van der Waals surface area (Å²) in [5.41, 5.74) is 0.195. The summed E-state index contributed by atoms with van der Waals surface area (Å²) in [4.78, 5) is 22.4. The number of carboxylic acids is 1. The molecule has 1 rings (SSSR count). The lowest BCUT2D eigenvalue weighted by Gasteiger charge is -2.19. The summed E-state index contributed by atoms with van der Waals surface area (Å²) in [5, 5.41) is 8.92. The second-order valence-corrected chi connectivity index (χ2v) is 7.07. The van der Waals surface area contributed by atoms with Crippen LogP contribution < -0.4 is 5.43 Å². The van der Waals surface area contributed by atoms with Gasteiger partial charge in [0.1, 0.15) is 5.56 Å². The Morgan fingerprint density at radius 3 is 2.56 bits per heavy atom. The Labute approximate surface area is 111 Å². The molecule has 0 unspecified atom stereocenters. The van der Waals surface area contributed by atoms with Crippen LogP contribution >= 0.6 is 11.8 Å². The van der Waals surface area contributed by atoms with Crippen LogP contribution in [0.15, 0.2) is 17.1 Å². The van der Waals surface area contributed by atoms with Crippen LogP contribution in [0.1, 0.15) is 36.8 Å². The highest BCUT2D eigenvalue weighted by Crippen LogP contribution is 2.23. The maximum atomic E-state index is 11.5. The summed E-state index contributed by atoms with van der Waals surface area (Å²) in [6.45, 7) is 8.93. The number of aromatic carboxylic acids is 1. The Hall–Kier alpha value is -1.23. The molecule has 0 atom stereocenters. The summed E-state index contributed by atoms with van der Waals surface area (Å²) >= 11 is 1.81. The fourth-order valence-corrected chi connectivity index (χ4v) is 2.42. The molecule has 1 aromatic heterocycles. The summed E-state index contributed by atoms with van der Waals surface area (Å²) in [7, 11) is 0. The van der Waals surface area contributed by atoms with Gasteiger partial charge in [-0.2, -0.15) is 11.8 Å². The van der Waals surface area contributed by atoms with E-state index in [1.165, 1.54) is 12.3 Å². The highest BCUT2D eigenvalue weighted by atomic mass is 32.2. The zero-order valence-electron chi connectivity index (χ0n) is 11.2. The van der Waals surface area contributed by atoms with Gasteiger partial charge in [-0.1, -0.05) is 20.8 Å². The first-order valence-corrected chi connectivity index (χ1v) is 6.77. The molecule has 0 saturated carbocycles. The number of carbonyl (C=O) groups is 1. The topological polar surface area (TPSA) is 59.3 Å². The molecule has 0 saturated heterocycles. The first-order valence-electron chi connectivity index (χ1n) is 5.79. The van der Waals surface area contributed by atoms with Crippen molar-refractivity contribution in [1.82, 2.24) is 4.57 Å². The van der Waals surface area contributed by atoms with Gasteiger partial charge in [-0.05, 0) is 6.92 Å². The summed E-state index contributed by atoms with van der Waals surface area (Å²) in [5.74, 6) is -0.288. The van der Waals surface area contributed by atoms with E-state index in [1.807, 2.05) is 23.3 Å². The van der Waals surface area contributed by atoms with Crippen molar-refractivity contribution < 1.29 is 9.90 Å². The molecule has 1 aromatic rings. The number of hydrogen-bond acceptors (Lipinski definition) is 3. The molecule has 0 aromatic carbocycles. The lowest BCUT2D eigenvalue weighted by Crippen LogP contribution is -2.20. The fourth-order valence-electron chi connectivity index (χ4n) is 1.52. The maximum absolute atomic E-state index is 11.5. The molecule has 0 amide bonds. The number of rotatable bonds is 4. The van der Waals surface area contributed by atoms with E-state index in [9.17, 15) is 9.59 Å². The minimum atomic E-state index is -1.17. The van der Waals surface area contributed by atoms with Gasteiger partial charge in [0.05, 0.1) is 0 Å². The van der Waals surface area contributed by atoms with Crippen molar-refractivity contribution in [3.05, 3.63) is 33.7 Å². The van der Waals surface area contributed by atoms with Crippen LogP contribution in [0.2, 0.25) is 0 Å². The first-order chi connectivity index (χ1) is 8.20. The molecule has 0 aliphatic rings. The number of aromatic nitrogens is 1. The first kappa shape index (κ1) is 14.8. The minimum absolute atomic E-state index is 0.165. The molecule has 0 aliphatic carbocycles. The van der Waals surface area contributed by atoms with Crippen molar-refractivity contribution in [1.29, 1.82) is 0 Å². The molecule has 18 heavy (non-hydrogen) atoms. The summed E-state index contributed by atoms with van der Waals surface area (Å²) < 4.78 is 2.01. The predicted molar refractivity (Wildman–Crippen MR) is 74.6 cm³/mol. The van der Waals surface area contributed by atoms with E-state index in [1.54, 1.807) is 0 Å². The summed E-state index contributed by atoms with van der Waals surface area (Å²) in [6.07, 6.45) is 1.43. The van der Waals surface area contributed by atoms with E-state index in [4.69, 9.17) is 5.11 Å². The minimum Gasteiger partial charge on any atom is -0.477 e. The monoisotopic (exact) mass is 269 g/mol. The van der Waals surface area contributed by atoms with Gasteiger partial charge in [-0.25, -0.2) is 4.79 Å². The second-order valence-electron chi connectivity index (χ2n) is 5.15. The molecule has 0 radical (unpaired) electrons. The van der Waals surface area contributed by atoms with Gasteiger partial charge in [-0.15, -0.1) is 0 Å². The van der Waals surface area contributed by atoms with Crippen molar-refractivity contribution in [2.45, 2.75) is 39.0 Å². The maximum Gasteiger partial charge on any atom is 0.341 e. The second kappa shape index (κ2) is 5.61. The van der Waals surface area contributed by atoms with Gasteiger partial charge in [0, 0.05) is 35.0 Å². The van der Waals surface area contributed by atoms with Crippen molar-refractivity contribution in [3.8, 4) is 0 Å². The van der Waals surface area contributed by atoms with Crippen molar-refractivity contribution >= 4 is 17.7 Å². The van der Waals surface area contributed by atoms with Crippen LogP contribution in [0.3, 0.4) is 0 Å². The molecule has 0 spiro atoms. The number of hydrogen-bond donors (Lipinski definition) is 1. The number of pyridine rings is 1. The SMILES string of the molecule is Cc1cc(=O)c(C(=O)O)cn1CCSC(C)(C)C. The van der Waals surface area contributed by atoms with Crippen LogP contribution in [-0.2, 0) is 6.54 Å². The quantitative estimate of drug-likeness (QED) is 0.911. The number of carboxylic acid groups (broad SMARTS) is 1. The van der Waals surface area contributed by atoms with Crippen LogP contribution in [0.4, 0.5) is 0 Å². The smallest absolute Gasteiger partial charge is 0.341 e.